The minimum Gasteiger partial charge on any atom is -0.367 e. The van der Waals surface area contributed by atoms with Crippen molar-refractivity contribution in [2.75, 3.05) is 5.32 Å². The average molecular weight is 449 g/mol. The quantitative estimate of drug-likeness (QED) is 0.371. The van der Waals surface area contributed by atoms with Crippen molar-refractivity contribution in [3.05, 3.63) is 54.5 Å². The number of nitrogens with two attached hydrogens (primary N) is 1. The van der Waals surface area contributed by atoms with Gasteiger partial charge in [0.05, 0.1) is 22.7 Å². The first-order valence-corrected chi connectivity index (χ1v) is 10.5. The van der Waals surface area contributed by atoms with Crippen LogP contribution in [0.3, 0.4) is 0 Å². The van der Waals surface area contributed by atoms with Crippen molar-refractivity contribution >= 4 is 38.7 Å². The third-order valence-corrected chi connectivity index (χ3v) is 6.07. The van der Waals surface area contributed by atoms with Gasteiger partial charge in [-0.15, -0.1) is 0 Å². The Morgan fingerprint density at radius 3 is 2.64 bits per heavy atom. The summed E-state index contributed by atoms with van der Waals surface area (Å²) in [6.07, 6.45) is 0.506. The van der Waals surface area contributed by atoms with Gasteiger partial charge in [0.1, 0.15) is 11.5 Å². The minimum absolute atomic E-state index is 0.0323. The van der Waals surface area contributed by atoms with Gasteiger partial charge in [-0.3, -0.25) is 4.98 Å². The van der Waals surface area contributed by atoms with Gasteiger partial charge in [0.15, 0.2) is 5.82 Å². The molecule has 0 aliphatic heterocycles. The van der Waals surface area contributed by atoms with E-state index in [-0.39, 0.29) is 28.8 Å². The van der Waals surface area contributed by atoms with Gasteiger partial charge < -0.3 is 16.0 Å². The Labute approximate surface area is 185 Å². The highest BCUT2D eigenvalue weighted by atomic mass is 19.4. The van der Waals surface area contributed by atoms with E-state index in [1.54, 1.807) is 12.3 Å². The Balaban J connectivity index is 1.62. The van der Waals surface area contributed by atoms with Crippen molar-refractivity contribution < 1.29 is 13.2 Å². The number of fused-ring (bicyclic) bond motifs is 4. The molecule has 1 aliphatic carbocycles. The van der Waals surface area contributed by atoms with Gasteiger partial charge in [-0.1, -0.05) is 18.2 Å². The maximum Gasteiger partial charge on any atom is 0.418 e. The van der Waals surface area contributed by atoms with E-state index in [9.17, 15) is 13.2 Å². The van der Waals surface area contributed by atoms with Crippen molar-refractivity contribution in [2.45, 2.75) is 31.1 Å². The fourth-order valence-electron chi connectivity index (χ4n) is 4.45. The van der Waals surface area contributed by atoms with Crippen molar-refractivity contribution in [1.82, 2.24) is 24.9 Å². The number of halogens is 3. The van der Waals surface area contributed by atoms with Crippen molar-refractivity contribution in [3.8, 4) is 11.4 Å². The number of H-pyrrole nitrogens is 1. The number of anilines is 1. The predicted molar refractivity (Wildman–Crippen MR) is 120 cm³/mol. The number of hydrogen-bond donors (Lipinski definition) is 3. The van der Waals surface area contributed by atoms with Gasteiger partial charge in [0, 0.05) is 46.3 Å². The molecule has 0 bridgehead atoms. The van der Waals surface area contributed by atoms with Gasteiger partial charge in [0.25, 0.3) is 0 Å². The molecular weight excluding hydrogens is 431 g/mol. The minimum atomic E-state index is -4.59. The number of benzene rings is 1. The predicted octanol–water partition coefficient (Wildman–Crippen LogP) is 4.64. The van der Waals surface area contributed by atoms with Crippen molar-refractivity contribution in [2.24, 2.45) is 5.73 Å². The summed E-state index contributed by atoms with van der Waals surface area (Å²) in [4.78, 5) is 20.6. The van der Waals surface area contributed by atoms with Gasteiger partial charge in [-0.2, -0.15) is 13.2 Å². The summed E-state index contributed by atoms with van der Waals surface area (Å²) < 4.78 is 41.4. The number of nitrogens with zero attached hydrogens (tertiary/aromatic N) is 4. The van der Waals surface area contributed by atoms with Crippen LogP contribution in [0.4, 0.5) is 19.0 Å². The van der Waals surface area contributed by atoms with Crippen LogP contribution in [-0.2, 0) is 6.18 Å². The lowest BCUT2D eigenvalue weighted by Gasteiger charge is -2.33. The molecule has 1 saturated carbocycles. The second kappa shape index (κ2) is 7.11. The van der Waals surface area contributed by atoms with Crippen LogP contribution in [0.5, 0.6) is 0 Å². The molecule has 6 rings (SSSR count). The molecule has 1 fully saturated rings. The number of aromatic nitrogens is 5. The summed E-state index contributed by atoms with van der Waals surface area (Å²) >= 11 is 0. The van der Waals surface area contributed by atoms with Crippen LogP contribution in [0.2, 0.25) is 0 Å². The Hall–Kier alpha value is -3.79. The molecule has 4 N–H and O–H groups in total. The van der Waals surface area contributed by atoms with E-state index in [0.717, 1.165) is 22.5 Å². The summed E-state index contributed by atoms with van der Waals surface area (Å²) in [5.41, 5.74) is 7.35. The van der Waals surface area contributed by atoms with E-state index in [1.165, 1.54) is 6.20 Å². The number of para-hydroxylation sites is 1. The SMILES string of the molecule is N[C@H]1C[C@@H](Nc2nc(-c3ccnc4[nH]c5ccccc5c34)nc3cncc(C(F)(F)F)c23)C1. The normalized spacial score (nSPS) is 18.7. The van der Waals surface area contributed by atoms with Crippen LogP contribution in [0.25, 0.3) is 44.2 Å². The highest BCUT2D eigenvalue weighted by Crippen LogP contribution is 2.39. The van der Waals surface area contributed by atoms with Gasteiger partial charge in [-0.25, -0.2) is 15.0 Å². The largest absolute Gasteiger partial charge is 0.418 e. The Bertz CT molecular complexity index is 1520. The molecule has 7 nitrogen and oxygen atoms in total. The molecular formula is C23H18F3N7. The lowest BCUT2D eigenvalue weighted by molar-refractivity contribution is -0.136. The van der Waals surface area contributed by atoms with Gasteiger partial charge >= 0.3 is 6.18 Å². The van der Waals surface area contributed by atoms with E-state index in [0.29, 0.717) is 29.9 Å². The molecule has 4 heterocycles. The number of nitrogens with one attached hydrogen (secondary N) is 2. The smallest absolute Gasteiger partial charge is 0.367 e. The second-order valence-corrected chi connectivity index (χ2v) is 8.30. The fourth-order valence-corrected chi connectivity index (χ4v) is 4.45. The van der Waals surface area contributed by atoms with Crippen LogP contribution in [0.15, 0.2) is 48.9 Å². The Morgan fingerprint density at radius 2 is 1.85 bits per heavy atom. The summed E-state index contributed by atoms with van der Waals surface area (Å²) in [6, 6.07) is 9.48. The molecule has 0 atom stereocenters. The van der Waals surface area contributed by atoms with Crippen LogP contribution < -0.4 is 11.1 Å². The zero-order chi connectivity index (χ0) is 22.7. The van der Waals surface area contributed by atoms with Crippen LogP contribution >= 0.6 is 0 Å². The van der Waals surface area contributed by atoms with Crippen molar-refractivity contribution in [3.63, 3.8) is 0 Å². The monoisotopic (exact) mass is 449 g/mol. The Morgan fingerprint density at radius 1 is 1.03 bits per heavy atom. The maximum atomic E-state index is 13.8. The molecule has 0 radical (unpaired) electrons. The molecule has 4 aromatic heterocycles. The number of aromatic amines is 1. The first-order valence-electron chi connectivity index (χ1n) is 10.5. The second-order valence-electron chi connectivity index (χ2n) is 8.30. The number of hydrogen-bond acceptors (Lipinski definition) is 6. The molecule has 10 heteroatoms. The zero-order valence-electron chi connectivity index (χ0n) is 17.2. The van der Waals surface area contributed by atoms with Crippen LogP contribution in [0, 0.1) is 0 Å². The van der Waals surface area contributed by atoms with Crippen molar-refractivity contribution in [1.29, 1.82) is 0 Å². The zero-order valence-corrected chi connectivity index (χ0v) is 17.2. The van der Waals surface area contributed by atoms with E-state index in [4.69, 9.17) is 5.73 Å². The van der Waals surface area contributed by atoms with Crippen LogP contribution in [-0.4, -0.2) is 37.0 Å². The third kappa shape index (κ3) is 3.25. The Kier molecular flexibility index (Phi) is 4.28. The van der Waals surface area contributed by atoms with Gasteiger partial charge in [-0.05, 0) is 25.0 Å². The van der Waals surface area contributed by atoms with E-state index < -0.39 is 11.7 Å². The van der Waals surface area contributed by atoms with Gasteiger partial charge in [0.2, 0.25) is 0 Å². The molecule has 1 aromatic carbocycles. The molecule has 5 aromatic rings. The summed E-state index contributed by atoms with van der Waals surface area (Å²) in [5.74, 6) is 0.429. The molecule has 166 valence electrons. The first-order chi connectivity index (χ1) is 15.9. The molecule has 0 amide bonds. The van der Waals surface area contributed by atoms with E-state index in [1.807, 2.05) is 24.3 Å². The molecule has 0 saturated heterocycles. The highest BCUT2D eigenvalue weighted by Gasteiger charge is 2.36. The highest BCUT2D eigenvalue weighted by molar-refractivity contribution is 6.12. The number of rotatable bonds is 3. The molecule has 33 heavy (non-hydrogen) atoms. The standard InChI is InChI=1S/C23H18F3N7/c24-23(25,26)15-9-28-10-17-19(15)22(30-12-7-11(27)8-12)33-20(32-17)14-5-6-29-21-18(14)13-3-1-2-4-16(13)31-21/h1-6,9-12H,7-8,27H2,(H,29,31)(H,30,32,33)/t11-,12+. The van der Waals surface area contributed by atoms with E-state index in [2.05, 4.69) is 30.2 Å². The number of alkyl halides is 3. The average Bonchev–Trinajstić information content (AvgIpc) is 3.15. The number of pyridine rings is 2. The summed E-state index contributed by atoms with van der Waals surface area (Å²) in [7, 11) is 0. The van der Waals surface area contributed by atoms with Crippen LogP contribution in [0.1, 0.15) is 18.4 Å². The lowest BCUT2D eigenvalue weighted by atomic mass is 9.87. The first kappa shape index (κ1) is 19.9. The molecule has 1 aliphatic rings. The van der Waals surface area contributed by atoms with E-state index >= 15 is 0 Å². The third-order valence-electron chi connectivity index (χ3n) is 6.07. The summed E-state index contributed by atoms with van der Waals surface area (Å²) in [6.45, 7) is 0. The fraction of sp³-hybridized carbons (Fsp3) is 0.217. The molecule has 0 unspecified atom stereocenters. The summed E-state index contributed by atoms with van der Waals surface area (Å²) in [5, 5.41) is 4.82. The lowest BCUT2D eigenvalue weighted by Crippen LogP contribution is -2.44. The molecule has 0 spiro atoms. The maximum absolute atomic E-state index is 13.8. The topological polar surface area (TPSA) is 105 Å².